The van der Waals surface area contributed by atoms with Crippen LogP contribution in [-0.2, 0) is 10.0 Å². The van der Waals surface area contributed by atoms with Crippen molar-refractivity contribution in [2.24, 2.45) is 0 Å². The van der Waals surface area contributed by atoms with Gasteiger partial charge in [-0.3, -0.25) is 4.79 Å². The molecule has 9 heteroatoms. The molecule has 1 amide bonds. The van der Waals surface area contributed by atoms with Crippen LogP contribution in [0.1, 0.15) is 15.9 Å². The Morgan fingerprint density at radius 1 is 1.11 bits per heavy atom. The number of rotatable bonds is 6. The van der Waals surface area contributed by atoms with E-state index in [2.05, 4.69) is 10.0 Å². The molecule has 2 N–H and O–H groups in total. The van der Waals surface area contributed by atoms with E-state index >= 15 is 0 Å². The van der Waals surface area contributed by atoms with Gasteiger partial charge in [-0.25, -0.2) is 13.1 Å². The van der Waals surface area contributed by atoms with Crippen molar-refractivity contribution >= 4 is 27.5 Å². The average molecular weight is 411 g/mol. The zero-order chi connectivity index (χ0) is 19.4. The van der Waals surface area contributed by atoms with E-state index in [0.29, 0.717) is 30.3 Å². The number of nitrogens with one attached hydrogen (secondary N) is 2. The van der Waals surface area contributed by atoms with Gasteiger partial charge < -0.3 is 14.8 Å². The van der Waals surface area contributed by atoms with Crippen LogP contribution in [0.3, 0.4) is 0 Å². The third kappa shape index (κ3) is 4.71. The zero-order valence-electron chi connectivity index (χ0n) is 14.6. The van der Waals surface area contributed by atoms with Crippen LogP contribution in [0.15, 0.2) is 41.3 Å². The molecule has 0 aromatic heterocycles. The van der Waals surface area contributed by atoms with Crippen LogP contribution >= 0.6 is 11.6 Å². The number of carbonyl (C=O) groups excluding carboxylic acids is 1. The quantitative estimate of drug-likeness (QED) is 0.711. The Balaban J connectivity index is 1.55. The Kier molecular flexibility index (Phi) is 5.88. The van der Waals surface area contributed by atoms with Crippen molar-refractivity contribution in [3.63, 3.8) is 0 Å². The first-order valence-corrected chi connectivity index (χ1v) is 10.2. The second-order valence-corrected chi connectivity index (χ2v) is 8.12. The van der Waals surface area contributed by atoms with Gasteiger partial charge in [0.1, 0.15) is 13.2 Å². The highest BCUT2D eigenvalue weighted by Crippen LogP contribution is 2.38. The minimum absolute atomic E-state index is 0.0558. The molecule has 7 nitrogen and oxygen atoms in total. The second kappa shape index (κ2) is 8.16. The molecule has 0 bridgehead atoms. The van der Waals surface area contributed by atoms with Crippen molar-refractivity contribution in [3.05, 3.63) is 52.5 Å². The van der Waals surface area contributed by atoms with Gasteiger partial charge in [0.15, 0.2) is 11.5 Å². The van der Waals surface area contributed by atoms with Crippen molar-refractivity contribution in [1.82, 2.24) is 10.0 Å². The molecular formula is C18H19ClN2O5S. The van der Waals surface area contributed by atoms with Crippen LogP contribution in [0.5, 0.6) is 11.5 Å². The SMILES string of the molecule is Cc1ccc(S(=O)(=O)NCCNC(=O)c2cc(Cl)c3c(c2)OCCO3)cc1. The Hall–Kier alpha value is -2.29. The van der Waals surface area contributed by atoms with Crippen LogP contribution in [0.2, 0.25) is 5.02 Å². The molecule has 0 saturated carbocycles. The van der Waals surface area contributed by atoms with Crippen molar-refractivity contribution in [3.8, 4) is 11.5 Å². The first kappa shape index (κ1) is 19.5. The van der Waals surface area contributed by atoms with Crippen molar-refractivity contribution in [2.45, 2.75) is 11.8 Å². The molecule has 0 radical (unpaired) electrons. The van der Waals surface area contributed by atoms with Gasteiger partial charge in [-0.15, -0.1) is 0 Å². The number of halogens is 1. The molecule has 1 heterocycles. The summed E-state index contributed by atoms with van der Waals surface area (Å²) in [6.07, 6.45) is 0. The van der Waals surface area contributed by atoms with Crippen molar-refractivity contribution < 1.29 is 22.7 Å². The van der Waals surface area contributed by atoms with E-state index in [-0.39, 0.29) is 28.9 Å². The highest BCUT2D eigenvalue weighted by Gasteiger charge is 2.19. The monoisotopic (exact) mass is 410 g/mol. The third-order valence-electron chi connectivity index (χ3n) is 3.89. The summed E-state index contributed by atoms with van der Waals surface area (Å²) in [5, 5.41) is 2.93. The number of aryl methyl sites for hydroxylation is 1. The van der Waals surface area contributed by atoms with E-state index in [4.69, 9.17) is 21.1 Å². The van der Waals surface area contributed by atoms with Gasteiger partial charge in [-0.1, -0.05) is 29.3 Å². The van der Waals surface area contributed by atoms with Gasteiger partial charge >= 0.3 is 0 Å². The highest BCUT2D eigenvalue weighted by atomic mass is 35.5. The Bertz CT molecular complexity index is 945. The molecular weight excluding hydrogens is 392 g/mol. The largest absolute Gasteiger partial charge is 0.486 e. The molecule has 1 aliphatic heterocycles. The standard InChI is InChI=1S/C18H19ClN2O5S/c1-12-2-4-14(5-3-12)27(23,24)21-7-6-20-18(22)13-10-15(19)17-16(11-13)25-8-9-26-17/h2-5,10-11,21H,6-9H2,1H3,(H,20,22). The number of carbonyl (C=O) groups is 1. The van der Waals surface area contributed by atoms with Gasteiger partial charge in [0.2, 0.25) is 10.0 Å². The van der Waals surface area contributed by atoms with Gasteiger partial charge in [-0.2, -0.15) is 0 Å². The van der Waals surface area contributed by atoms with Crippen LogP contribution < -0.4 is 19.5 Å². The number of benzene rings is 2. The maximum atomic E-state index is 12.3. The van der Waals surface area contributed by atoms with E-state index in [1.54, 1.807) is 18.2 Å². The van der Waals surface area contributed by atoms with E-state index in [0.717, 1.165) is 5.56 Å². The predicted molar refractivity (Wildman–Crippen MR) is 101 cm³/mol. The topological polar surface area (TPSA) is 93.7 Å². The third-order valence-corrected chi connectivity index (χ3v) is 5.65. The molecule has 144 valence electrons. The number of ether oxygens (including phenoxy) is 2. The van der Waals surface area contributed by atoms with Gasteiger partial charge in [0.05, 0.1) is 9.92 Å². The highest BCUT2D eigenvalue weighted by molar-refractivity contribution is 7.89. The van der Waals surface area contributed by atoms with Gasteiger partial charge in [0, 0.05) is 18.7 Å². The maximum Gasteiger partial charge on any atom is 0.251 e. The van der Waals surface area contributed by atoms with Gasteiger partial charge in [-0.05, 0) is 31.2 Å². The molecule has 0 aliphatic carbocycles. The molecule has 0 unspecified atom stereocenters. The number of amides is 1. The first-order chi connectivity index (χ1) is 12.9. The number of sulfonamides is 1. The molecule has 1 aliphatic rings. The molecule has 0 atom stereocenters. The summed E-state index contributed by atoms with van der Waals surface area (Å²) >= 11 is 6.11. The average Bonchev–Trinajstić information content (AvgIpc) is 2.65. The molecule has 3 rings (SSSR count). The molecule has 27 heavy (non-hydrogen) atoms. The molecule has 2 aromatic carbocycles. The summed E-state index contributed by atoms with van der Waals surface area (Å²) in [4.78, 5) is 12.5. The first-order valence-electron chi connectivity index (χ1n) is 8.30. The number of hydrogen-bond acceptors (Lipinski definition) is 5. The number of fused-ring (bicyclic) bond motifs is 1. The fourth-order valence-electron chi connectivity index (χ4n) is 2.51. The molecule has 0 saturated heterocycles. The number of hydrogen-bond donors (Lipinski definition) is 2. The zero-order valence-corrected chi connectivity index (χ0v) is 16.2. The lowest BCUT2D eigenvalue weighted by molar-refractivity contribution is 0.0953. The maximum absolute atomic E-state index is 12.3. The van der Waals surface area contributed by atoms with Crippen molar-refractivity contribution in [1.29, 1.82) is 0 Å². The van der Waals surface area contributed by atoms with Crippen molar-refractivity contribution in [2.75, 3.05) is 26.3 Å². The Morgan fingerprint density at radius 2 is 1.81 bits per heavy atom. The minimum atomic E-state index is -3.62. The lowest BCUT2D eigenvalue weighted by Gasteiger charge is -2.20. The predicted octanol–water partition coefficient (Wildman–Crippen LogP) is 2.13. The fraction of sp³-hybridized carbons (Fsp3) is 0.278. The normalized spacial score (nSPS) is 13.3. The van der Waals surface area contributed by atoms with Crippen LogP contribution in [0.4, 0.5) is 0 Å². The van der Waals surface area contributed by atoms with Crippen LogP contribution in [0, 0.1) is 6.92 Å². The van der Waals surface area contributed by atoms with Gasteiger partial charge in [0.25, 0.3) is 5.91 Å². The van der Waals surface area contributed by atoms with E-state index in [1.807, 2.05) is 6.92 Å². The molecule has 0 spiro atoms. The summed E-state index contributed by atoms with van der Waals surface area (Å²) in [6, 6.07) is 9.55. The molecule has 0 fully saturated rings. The fourth-order valence-corrected chi connectivity index (χ4v) is 3.80. The Labute approximate surface area is 162 Å². The summed E-state index contributed by atoms with van der Waals surface area (Å²) in [5.74, 6) is 0.452. The molecule has 2 aromatic rings. The van der Waals surface area contributed by atoms with Crippen LogP contribution in [-0.4, -0.2) is 40.6 Å². The van der Waals surface area contributed by atoms with Crippen LogP contribution in [0.25, 0.3) is 0 Å². The lowest BCUT2D eigenvalue weighted by Crippen LogP contribution is -2.34. The van der Waals surface area contributed by atoms with E-state index < -0.39 is 10.0 Å². The Morgan fingerprint density at radius 3 is 2.56 bits per heavy atom. The summed E-state index contributed by atoms with van der Waals surface area (Å²) < 4.78 is 37.7. The summed E-state index contributed by atoms with van der Waals surface area (Å²) in [7, 11) is -3.62. The van der Waals surface area contributed by atoms with E-state index in [9.17, 15) is 13.2 Å². The smallest absolute Gasteiger partial charge is 0.251 e. The lowest BCUT2D eigenvalue weighted by atomic mass is 10.2. The summed E-state index contributed by atoms with van der Waals surface area (Å²) in [5.41, 5.74) is 1.28. The second-order valence-electron chi connectivity index (χ2n) is 5.95. The summed E-state index contributed by atoms with van der Waals surface area (Å²) in [6.45, 7) is 2.84. The minimum Gasteiger partial charge on any atom is -0.486 e. The van der Waals surface area contributed by atoms with E-state index in [1.165, 1.54) is 18.2 Å².